The number of methoxy groups -OCH3 is 2. The Kier molecular flexibility index (Phi) is 6.11. The first-order valence-electron chi connectivity index (χ1n) is 7.92. The predicted molar refractivity (Wildman–Crippen MR) is 87.3 cm³/mol. The lowest BCUT2D eigenvalue weighted by molar-refractivity contribution is -0.116. The molecule has 124 valence electrons. The Morgan fingerprint density at radius 2 is 1.73 bits per heavy atom. The Labute approximate surface area is 133 Å². The summed E-state index contributed by atoms with van der Waals surface area (Å²) in [5, 5.41) is 0. The molecule has 0 aromatic carbocycles. The summed E-state index contributed by atoms with van der Waals surface area (Å²) in [6, 6.07) is 2.08. The number of nitrogens with zero attached hydrogens (tertiary/aromatic N) is 4. The van der Waals surface area contributed by atoms with Gasteiger partial charge < -0.3 is 14.4 Å². The van der Waals surface area contributed by atoms with Gasteiger partial charge >= 0.3 is 0 Å². The molecule has 0 unspecified atom stereocenters. The zero-order chi connectivity index (χ0) is 16.1. The maximum absolute atomic E-state index is 5.27. The first kappa shape index (κ1) is 17.1. The Balaban J connectivity index is 1.97. The van der Waals surface area contributed by atoms with Gasteiger partial charge in [0.15, 0.2) is 6.29 Å². The molecule has 2 rings (SSSR count). The normalized spacial score (nSPS) is 16.8. The minimum Gasteiger partial charge on any atom is -0.355 e. The molecule has 1 aliphatic heterocycles. The molecule has 6 heteroatoms. The van der Waals surface area contributed by atoms with Crippen molar-refractivity contribution in [3.8, 4) is 0 Å². The van der Waals surface area contributed by atoms with Crippen molar-refractivity contribution in [2.75, 3.05) is 51.8 Å². The fourth-order valence-corrected chi connectivity index (χ4v) is 2.60. The second-order valence-corrected chi connectivity index (χ2v) is 6.08. The number of hydrogen-bond donors (Lipinski definition) is 0. The van der Waals surface area contributed by atoms with Crippen LogP contribution in [0.1, 0.15) is 31.2 Å². The van der Waals surface area contributed by atoms with E-state index in [9.17, 15) is 0 Å². The smallest absolute Gasteiger partial charge is 0.225 e. The second-order valence-electron chi connectivity index (χ2n) is 6.08. The van der Waals surface area contributed by atoms with E-state index in [1.807, 2.05) is 6.92 Å². The minimum atomic E-state index is -0.158. The van der Waals surface area contributed by atoms with Gasteiger partial charge in [-0.15, -0.1) is 0 Å². The molecule has 6 nitrogen and oxygen atoms in total. The lowest BCUT2D eigenvalue weighted by Gasteiger charge is -2.36. The first-order valence-corrected chi connectivity index (χ1v) is 7.92. The fourth-order valence-electron chi connectivity index (χ4n) is 2.60. The molecule has 1 fully saturated rings. The molecule has 0 saturated carbocycles. The van der Waals surface area contributed by atoms with Crippen molar-refractivity contribution in [1.82, 2.24) is 14.9 Å². The highest BCUT2D eigenvalue weighted by Crippen LogP contribution is 2.18. The molecule has 0 spiro atoms. The summed E-state index contributed by atoms with van der Waals surface area (Å²) in [4.78, 5) is 13.9. The molecule has 0 aliphatic carbocycles. The highest BCUT2D eigenvalue weighted by atomic mass is 16.7. The van der Waals surface area contributed by atoms with E-state index >= 15 is 0 Å². The molecular formula is C16H28N4O2. The van der Waals surface area contributed by atoms with Crippen LogP contribution in [0.4, 0.5) is 5.95 Å². The van der Waals surface area contributed by atoms with Crippen molar-refractivity contribution < 1.29 is 9.47 Å². The van der Waals surface area contributed by atoms with Gasteiger partial charge in [0, 0.05) is 58.3 Å². The van der Waals surface area contributed by atoms with Crippen LogP contribution in [-0.2, 0) is 9.47 Å². The van der Waals surface area contributed by atoms with Gasteiger partial charge in [0.25, 0.3) is 0 Å². The summed E-state index contributed by atoms with van der Waals surface area (Å²) in [6.45, 7) is 11.0. The molecule has 1 saturated heterocycles. The Hall–Kier alpha value is -1.24. The van der Waals surface area contributed by atoms with Crippen LogP contribution in [0.15, 0.2) is 6.07 Å². The fraction of sp³-hybridized carbons (Fsp3) is 0.750. The summed E-state index contributed by atoms with van der Waals surface area (Å²) in [6.07, 6.45) is -0.158. The number of piperazine rings is 1. The van der Waals surface area contributed by atoms with Crippen molar-refractivity contribution >= 4 is 5.95 Å². The quantitative estimate of drug-likeness (QED) is 0.745. The third-order valence-corrected chi connectivity index (χ3v) is 4.04. The van der Waals surface area contributed by atoms with Gasteiger partial charge in [-0.25, -0.2) is 9.97 Å². The molecule has 22 heavy (non-hydrogen) atoms. The third kappa shape index (κ3) is 4.38. The molecule has 1 aromatic heterocycles. The van der Waals surface area contributed by atoms with Crippen molar-refractivity contribution in [2.24, 2.45) is 0 Å². The number of hydrogen-bond acceptors (Lipinski definition) is 6. The lowest BCUT2D eigenvalue weighted by Crippen LogP contribution is -2.49. The van der Waals surface area contributed by atoms with Gasteiger partial charge in [-0.3, -0.25) is 4.90 Å². The standard InChI is InChI=1S/C16H28N4O2/c1-12(2)14-10-13(3)17-16(18-14)20-8-6-19(7-9-20)11-15(21-4)22-5/h10,12,15H,6-9,11H2,1-5H3. The van der Waals surface area contributed by atoms with E-state index < -0.39 is 0 Å². The van der Waals surface area contributed by atoms with Gasteiger partial charge in [-0.05, 0) is 18.9 Å². The zero-order valence-corrected chi connectivity index (χ0v) is 14.4. The molecular weight excluding hydrogens is 280 g/mol. The van der Waals surface area contributed by atoms with Crippen molar-refractivity contribution in [3.05, 3.63) is 17.5 Å². The van der Waals surface area contributed by atoms with Gasteiger partial charge in [0.05, 0.1) is 0 Å². The van der Waals surface area contributed by atoms with Gasteiger partial charge in [0.1, 0.15) is 0 Å². The summed E-state index contributed by atoms with van der Waals surface area (Å²) in [5.74, 6) is 1.28. The summed E-state index contributed by atoms with van der Waals surface area (Å²) >= 11 is 0. The van der Waals surface area contributed by atoms with E-state index in [0.29, 0.717) is 5.92 Å². The largest absolute Gasteiger partial charge is 0.355 e. The van der Waals surface area contributed by atoms with E-state index in [1.54, 1.807) is 14.2 Å². The van der Waals surface area contributed by atoms with E-state index in [-0.39, 0.29) is 6.29 Å². The van der Waals surface area contributed by atoms with Crippen molar-refractivity contribution in [2.45, 2.75) is 33.0 Å². The molecule has 1 aliphatic rings. The molecule has 1 aromatic rings. The molecule has 0 N–H and O–H groups in total. The summed E-state index contributed by atoms with van der Waals surface area (Å²) in [5.41, 5.74) is 2.15. The van der Waals surface area contributed by atoms with Crippen LogP contribution in [0.2, 0.25) is 0 Å². The monoisotopic (exact) mass is 308 g/mol. The van der Waals surface area contributed by atoms with Crippen molar-refractivity contribution in [3.63, 3.8) is 0 Å². The Morgan fingerprint density at radius 3 is 2.27 bits per heavy atom. The van der Waals surface area contributed by atoms with Gasteiger partial charge in [0.2, 0.25) is 5.95 Å². The average molecular weight is 308 g/mol. The number of aromatic nitrogens is 2. The summed E-state index contributed by atoms with van der Waals surface area (Å²) < 4.78 is 10.5. The zero-order valence-electron chi connectivity index (χ0n) is 14.4. The topological polar surface area (TPSA) is 50.7 Å². The molecule has 0 bridgehead atoms. The Morgan fingerprint density at radius 1 is 1.09 bits per heavy atom. The van der Waals surface area contributed by atoms with Crippen LogP contribution in [0, 0.1) is 6.92 Å². The first-order chi connectivity index (χ1) is 10.5. The maximum atomic E-state index is 5.27. The number of anilines is 1. The molecule has 0 atom stereocenters. The molecule has 2 heterocycles. The van der Waals surface area contributed by atoms with E-state index in [1.165, 1.54) is 0 Å². The SMILES string of the molecule is COC(CN1CCN(c2nc(C)cc(C(C)C)n2)CC1)OC. The lowest BCUT2D eigenvalue weighted by atomic mass is 10.1. The van der Waals surface area contributed by atoms with Gasteiger partial charge in [-0.2, -0.15) is 0 Å². The van der Waals surface area contributed by atoms with Crippen LogP contribution < -0.4 is 4.90 Å². The van der Waals surface area contributed by atoms with E-state index in [0.717, 1.165) is 50.1 Å². The maximum Gasteiger partial charge on any atom is 0.225 e. The number of rotatable bonds is 6. The van der Waals surface area contributed by atoms with Crippen LogP contribution in [0.3, 0.4) is 0 Å². The van der Waals surface area contributed by atoms with E-state index in [2.05, 4.69) is 34.7 Å². The van der Waals surface area contributed by atoms with E-state index in [4.69, 9.17) is 14.5 Å². The predicted octanol–water partition coefficient (Wildman–Crippen LogP) is 1.65. The number of ether oxygens (including phenoxy) is 2. The van der Waals surface area contributed by atoms with Gasteiger partial charge in [-0.1, -0.05) is 13.8 Å². The van der Waals surface area contributed by atoms with Crippen LogP contribution in [-0.4, -0.2) is 68.1 Å². The average Bonchev–Trinajstić information content (AvgIpc) is 2.52. The van der Waals surface area contributed by atoms with Crippen LogP contribution >= 0.6 is 0 Å². The summed E-state index contributed by atoms with van der Waals surface area (Å²) in [7, 11) is 3.36. The van der Waals surface area contributed by atoms with Crippen LogP contribution in [0.5, 0.6) is 0 Å². The van der Waals surface area contributed by atoms with Crippen LogP contribution in [0.25, 0.3) is 0 Å². The Bertz CT molecular complexity index is 469. The second kappa shape index (κ2) is 7.85. The third-order valence-electron chi connectivity index (χ3n) is 4.04. The minimum absolute atomic E-state index is 0.158. The molecule has 0 amide bonds. The highest BCUT2D eigenvalue weighted by molar-refractivity contribution is 5.33. The van der Waals surface area contributed by atoms with Crippen molar-refractivity contribution in [1.29, 1.82) is 0 Å². The number of aryl methyl sites for hydroxylation is 1. The highest BCUT2D eigenvalue weighted by Gasteiger charge is 2.22. The molecule has 0 radical (unpaired) electrons.